The van der Waals surface area contributed by atoms with Gasteiger partial charge in [0.15, 0.2) is 0 Å². The molecule has 0 bridgehead atoms. The minimum atomic E-state index is -2.74. The summed E-state index contributed by atoms with van der Waals surface area (Å²) in [6.07, 6.45) is 1.60. The topological polar surface area (TPSA) is 16.1 Å². The van der Waals surface area contributed by atoms with Gasteiger partial charge in [0.2, 0.25) is 0 Å². The van der Waals surface area contributed by atoms with Crippen LogP contribution in [0.1, 0.15) is 17.0 Å². The highest BCUT2D eigenvalue weighted by Crippen LogP contribution is 2.41. The molecule has 122 valence electrons. The number of nitrogens with zero attached hydrogens (tertiary/aromatic N) is 2. The van der Waals surface area contributed by atoms with Crippen molar-refractivity contribution in [1.82, 2.24) is 9.88 Å². The molecule has 0 radical (unpaired) electrons. The maximum absolute atomic E-state index is 14.6. The number of pyridine rings is 1. The average Bonchev–Trinajstić information content (AvgIpc) is 2.89. The normalized spacial score (nSPS) is 20.5. The number of hydrogen-bond acceptors (Lipinski definition) is 2. The molecule has 1 saturated heterocycles. The molecule has 0 N–H and O–H groups in total. The summed E-state index contributed by atoms with van der Waals surface area (Å²) >= 11 is 0. The summed E-state index contributed by atoms with van der Waals surface area (Å²) < 4.78 is 29.2. The molecule has 1 aliphatic heterocycles. The van der Waals surface area contributed by atoms with Crippen LogP contribution in [0.4, 0.5) is 8.78 Å². The quantitative estimate of drug-likeness (QED) is 0.707. The van der Waals surface area contributed by atoms with E-state index in [1.165, 1.54) is 0 Å². The van der Waals surface area contributed by atoms with Crippen molar-refractivity contribution >= 4 is 10.9 Å². The lowest BCUT2D eigenvalue weighted by Crippen LogP contribution is -2.26. The van der Waals surface area contributed by atoms with Crippen molar-refractivity contribution in [2.45, 2.75) is 18.4 Å². The Hall–Kier alpha value is -2.33. The van der Waals surface area contributed by atoms with Crippen molar-refractivity contribution in [3.8, 4) is 0 Å². The fraction of sp³-hybridized carbons (Fsp3) is 0.250. The second-order valence-electron chi connectivity index (χ2n) is 6.43. The number of benzene rings is 2. The molecule has 0 spiro atoms. The molecule has 2 aromatic carbocycles. The first-order valence-corrected chi connectivity index (χ1v) is 8.11. The van der Waals surface area contributed by atoms with Crippen LogP contribution in [-0.4, -0.2) is 28.9 Å². The zero-order chi connectivity index (χ0) is 16.6. The monoisotopic (exact) mass is 324 g/mol. The first-order chi connectivity index (χ1) is 11.6. The number of hydrogen-bond donors (Lipinski definition) is 0. The van der Waals surface area contributed by atoms with Crippen LogP contribution in [0.3, 0.4) is 0 Å². The van der Waals surface area contributed by atoms with Gasteiger partial charge in [0.05, 0.1) is 18.0 Å². The predicted octanol–water partition coefficient (Wildman–Crippen LogP) is 4.47. The van der Waals surface area contributed by atoms with Crippen LogP contribution in [0, 0.1) is 0 Å². The second-order valence-corrected chi connectivity index (χ2v) is 6.43. The number of likely N-dealkylation sites (tertiary alicyclic amines) is 1. The number of rotatable bonds is 3. The Morgan fingerprint density at radius 3 is 2.62 bits per heavy atom. The number of alkyl halides is 2. The molecule has 0 aliphatic carbocycles. The van der Waals surface area contributed by atoms with Crippen LogP contribution in [0.15, 0.2) is 66.9 Å². The fourth-order valence-electron chi connectivity index (χ4n) is 3.45. The summed E-state index contributed by atoms with van der Waals surface area (Å²) in [7, 11) is 0. The Kier molecular flexibility index (Phi) is 3.77. The first-order valence-electron chi connectivity index (χ1n) is 8.11. The summed E-state index contributed by atoms with van der Waals surface area (Å²) in [5.41, 5.74) is 2.52. The van der Waals surface area contributed by atoms with Crippen molar-refractivity contribution in [2.24, 2.45) is 0 Å². The van der Waals surface area contributed by atoms with Crippen LogP contribution in [-0.2, 0) is 6.54 Å². The standard InChI is InChI=1S/C20H18F2N2/c21-20(22)14-24(12-15-6-2-1-3-7-15)13-18(20)17-10-16-8-4-5-9-19(16)23-11-17/h1-11,18H,12-14H2. The van der Waals surface area contributed by atoms with Crippen molar-refractivity contribution < 1.29 is 8.78 Å². The van der Waals surface area contributed by atoms with Crippen molar-refractivity contribution in [3.05, 3.63) is 78.0 Å². The lowest BCUT2D eigenvalue weighted by Gasteiger charge is -2.17. The van der Waals surface area contributed by atoms with Crippen molar-refractivity contribution in [3.63, 3.8) is 0 Å². The predicted molar refractivity (Wildman–Crippen MR) is 91.2 cm³/mol. The SMILES string of the molecule is FC1(F)CN(Cc2ccccc2)CC1c1cnc2ccccc2c1. The molecule has 2 nitrogen and oxygen atoms in total. The minimum Gasteiger partial charge on any atom is -0.292 e. The van der Waals surface area contributed by atoms with Crippen molar-refractivity contribution in [2.75, 3.05) is 13.1 Å². The van der Waals surface area contributed by atoms with E-state index in [4.69, 9.17) is 0 Å². The molecule has 1 aromatic heterocycles. The molecule has 1 atom stereocenters. The molecule has 1 fully saturated rings. The summed E-state index contributed by atoms with van der Waals surface area (Å²) in [6, 6.07) is 19.2. The number of fused-ring (bicyclic) bond motifs is 1. The lowest BCUT2D eigenvalue weighted by molar-refractivity contribution is -0.00349. The smallest absolute Gasteiger partial charge is 0.268 e. The van der Waals surface area contributed by atoms with Crippen LogP contribution in [0.2, 0.25) is 0 Å². The molecule has 4 heteroatoms. The zero-order valence-electron chi connectivity index (χ0n) is 13.2. The number of aromatic nitrogens is 1. The molecular formula is C20H18F2N2. The van der Waals surface area contributed by atoms with Gasteiger partial charge < -0.3 is 0 Å². The summed E-state index contributed by atoms with van der Waals surface area (Å²) in [5, 5.41) is 0.910. The Morgan fingerprint density at radius 1 is 1.04 bits per heavy atom. The van der Waals surface area contributed by atoms with E-state index in [2.05, 4.69) is 4.98 Å². The highest BCUT2D eigenvalue weighted by molar-refractivity contribution is 5.78. The third-order valence-corrected chi connectivity index (χ3v) is 4.65. The molecule has 0 saturated carbocycles. The van der Waals surface area contributed by atoms with E-state index < -0.39 is 11.8 Å². The van der Waals surface area contributed by atoms with Gasteiger partial charge in [-0.2, -0.15) is 0 Å². The van der Waals surface area contributed by atoms with E-state index in [1.807, 2.05) is 65.6 Å². The van der Waals surface area contributed by atoms with Crippen LogP contribution in [0.5, 0.6) is 0 Å². The van der Waals surface area contributed by atoms with E-state index in [-0.39, 0.29) is 6.54 Å². The van der Waals surface area contributed by atoms with Gasteiger partial charge in [0.25, 0.3) is 5.92 Å². The fourth-order valence-corrected chi connectivity index (χ4v) is 3.45. The second kappa shape index (κ2) is 5.95. The Morgan fingerprint density at radius 2 is 1.79 bits per heavy atom. The molecule has 4 rings (SSSR count). The number of halogens is 2. The van der Waals surface area contributed by atoms with E-state index in [9.17, 15) is 8.78 Å². The Bertz CT molecular complexity index is 848. The number of para-hydroxylation sites is 1. The molecule has 24 heavy (non-hydrogen) atoms. The van der Waals surface area contributed by atoms with Gasteiger partial charge in [-0.15, -0.1) is 0 Å². The maximum atomic E-state index is 14.6. The van der Waals surface area contributed by atoms with Crippen LogP contribution >= 0.6 is 0 Å². The summed E-state index contributed by atoms with van der Waals surface area (Å²) in [6.45, 7) is 0.690. The van der Waals surface area contributed by atoms with E-state index in [1.54, 1.807) is 6.20 Å². The van der Waals surface area contributed by atoms with Gasteiger partial charge in [-0.05, 0) is 23.3 Å². The highest BCUT2D eigenvalue weighted by Gasteiger charge is 2.48. The van der Waals surface area contributed by atoms with Gasteiger partial charge in [-0.3, -0.25) is 9.88 Å². The Balaban J connectivity index is 1.59. The Labute approximate surface area is 139 Å². The lowest BCUT2D eigenvalue weighted by atomic mass is 9.96. The minimum absolute atomic E-state index is 0.209. The third-order valence-electron chi connectivity index (χ3n) is 4.65. The van der Waals surface area contributed by atoms with Crippen LogP contribution in [0.25, 0.3) is 10.9 Å². The average molecular weight is 324 g/mol. The largest absolute Gasteiger partial charge is 0.292 e. The zero-order valence-corrected chi connectivity index (χ0v) is 13.2. The first kappa shape index (κ1) is 15.2. The summed E-state index contributed by atoms with van der Waals surface area (Å²) in [5.74, 6) is -3.54. The van der Waals surface area contributed by atoms with E-state index >= 15 is 0 Å². The van der Waals surface area contributed by atoms with Gasteiger partial charge in [0, 0.05) is 24.7 Å². The van der Waals surface area contributed by atoms with Gasteiger partial charge >= 0.3 is 0 Å². The van der Waals surface area contributed by atoms with E-state index in [0.29, 0.717) is 18.7 Å². The van der Waals surface area contributed by atoms with Gasteiger partial charge in [-0.1, -0.05) is 48.5 Å². The summed E-state index contributed by atoms with van der Waals surface area (Å²) in [4.78, 5) is 6.18. The molecular weight excluding hydrogens is 306 g/mol. The molecule has 1 aliphatic rings. The van der Waals surface area contributed by atoms with Crippen molar-refractivity contribution in [1.29, 1.82) is 0 Å². The van der Waals surface area contributed by atoms with E-state index in [0.717, 1.165) is 16.5 Å². The van der Waals surface area contributed by atoms with Crippen LogP contribution < -0.4 is 0 Å². The molecule has 0 amide bonds. The molecule has 1 unspecified atom stereocenters. The molecule has 3 aromatic rings. The van der Waals surface area contributed by atoms with Gasteiger partial charge in [0.1, 0.15) is 0 Å². The maximum Gasteiger partial charge on any atom is 0.268 e. The molecule has 2 heterocycles. The third kappa shape index (κ3) is 2.89. The highest BCUT2D eigenvalue weighted by atomic mass is 19.3. The van der Waals surface area contributed by atoms with Gasteiger partial charge in [-0.25, -0.2) is 8.78 Å².